The van der Waals surface area contributed by atoms with Crippen molar-refractivity contribution in [2.24, 2.45) is 16.6 Å². The van der Waals surface area contributed by atoms with Crippen LogP contribution < -0.4 is 17.0 Å². The summed E-state index contributed by atoms with van der Waals surface area (Å²) < 4.78 is 5.22. The van der Waals surface area contributed by atoms with Gasteiger partial charge in [0.15, 0.2) is 0 Å². The molecule has 0 aromatic rings. The molecule has 1 aliphatic rings. The van der Waals surface area contributed by atoms with Crippen LogP contribution in [0, 0.1) is 0 Å². The van der Waals surface area contributed by atoms with Gasteiger partial charge in [-0.25, -0.2) is 10.8 Å². The molecule has 0 atom stereocenters. The summed E-state index contributed by atoms with van der Waals surface area (Å²) >= 11 is 0. The second kappa shape index (κ2) is 3.73. The number of rotatable bonds is 1. The van der Waals surface area contributed by atoms with Gasteiger partial charge in [0, 0.05) is 13.2 Å². The van der Waals surface area contributed by atoms with Crippen molar-refractivity contribution in [2.45, 2.75) is 25.3 Å². The maximum atomic E-state index is 5.46. The van der Waals surface area contributed by atoms with Crippen LogP contribution in [0.25, 0.3) is 0 Å². The van der Waals surface area contributed by atoms with Crippen LogP contribution in [0.3, 0.4) is 0 Å². The highest BCUT2D eigenvalue weighted by Crippen LogP contribution is 2.23. The molecule has 5 nitrogen and oxygen atoms in total. The third-order valence-electron chi connectivity index (χ3n) is 2.11. The highest BCUT2D eigenvalue weighted by atomic mass is 16.5. The lowest BCUT2D eigenvalue weighted by Crippen LogP contribution is -2.41. The van der Waals surface area contributed by atoms with Crippen molar-refractivity contribution in [3.63, 3.8) is 0 Å². The molecule has 0 bridgehead atoms. The van der Waals surface area contributed by atoms with Crippen LogP contribution in [-0.4, -0.2) is 24.7 Å². The standard InChI is InChI=1S/C7H16N4O/c1-7(10-6(8)11-9)2-4-12-5-3-7/h2-5,9H2,1H3,(H3,8,10,11). The smallest absolute Gasteiger partial charge is 0.203 e. The molecule has 0 saturated carbocycles. The number of nitrogens with zero attached hydrogens (tertiary/aromatic N) is 1. The maximum absolute atomic E-state index is 5.46. The van der Waals surface area contributed by atoms with Gasteiger partial charge in [0.05, 0.1) is 5.54 Å². The van der Waals surface area contributed by atoms with Gasteiger partial charge >= 0.3 is 0 Å². The zero-order valence-electron chi connectivity index (χ0n) is 7.34. The quantitative estimate of drug-likeness (QED) is 0.212. The first-order valence-corrected chi connectivity index (χ1v) is 4.06. The summed E-state index contributed by atoms with van der Waals surface area (Å²) in [6.07, 6.45) is 1.80. The molecular formula is C7H16N4O. The minimum Gasteiger partial charge on any atom is -0.381 e. The van der Waals surface area contributed by atoms with E-state index in [1.165, 1.54) is 0 Å². The molecule has 0 aromatic heterocycles. The summed E-state index contributed by atoms with van der Waals surface area (Å²) in [6.45, 7) is 3.55. The monoisotopic (exact) mass is 172 g/mol. The zero-order valence-corrected chi connectivity index (χ0v) is 7.34. The average Bonchev–Trinajstić information content (AvgIpc) is 2.05. The Kier molecular flexibility index (Phi) is 2.88. The van der Waals surface area contributed by atoms with Gasteiger partial charge in [0.25, 0.3) is 0 Å². The zero-order chi connectivity index (χ0) is 9.03. The number of hydrazine groups is 1. The predicted octanol–water partition coefficient (Wildman–Crippen LogP) is -0.667. The number of guanidine groups is 1. The first kappa shape index (κ1) is 9.28. The Hall–Kier alpha value is -0.810. The number of hydrogen-bond donors (Lipinski definition) is 3. The molecule has 0 spiro atoms. The number of hydrogen-bond acceptors (Lipinski definition) is 3. The molecule has 1 saturated heterocycles. The van der Waals surface area contributed by atoms with Crippen LogP contribution in [-0.2, 0) is 4.74 Å². The summed E-state index contributed by atoms with van der Waals surface area (Å²) in [5.74, 6) is 5.40. The van der Waals surface area contributed by atoms with E-state index in [1.54, 1.807) is 0 Å². The van der Waals surface area contributed by atoms with Gasteiger partial charge in [-0.15, -0.1) is 0 Å². The number of nitrogens with one attached hydrogen (secondary N) is 1. The third-order valence-corrected chi connectivity index (χ3v) is 2.11. The van der Waals surface area contributed by atoms with Gasteiger partial charge in [0.2, 0.25) is 5.96 Å². The molecule has 0 aliphatic carbocycles. The van der Waals surface area contributed by atoms with E-state index in [9.17, 15) is 0 Å². The van der Waals surface area contributed by atoms with Crippen LogP contribution >= 0.6 is 0 Å². The van der Waals surface area contributed by atoms with Crippen LogP contribution in [0.2, 0.25) is 0 Å². The first-order valence-electron chi connectivity index (χ1n) is 4.06. The van der Waals surface area contributed by atoms with Gasteiger partial charge in [-0.2, -0.15) is 0 Å². The third kappa shape index (κ3) is 2.35. The molecule has 1 heterocycles. The fourth-order valence-corrected chi connectivity index (χ4v) is 1.25. The van der Waals surface area contributed by atoms with Crippen LogP contribution in [0.1, 0.15) is 19.8 Å². The molecule has 12 heavy (non-hydrogen) atoms. The Bertz CT molecular complexity index is 174. The van der Waals surface area contributed by atoms with E-state index in [1.807, 2.05) is 0 Å². The molecule has 0 amide bonds. The summed E-state index contributed by atoms with van der Waals surface area (Å²) in [5, 5.41) is 0. The summed E-state index contributed by atoms with van der Waals surface area (Å²) in [6, 6.07) is 0. The van der Waals surface area contributed by atoms with Gasteiger partial charge in [0.1, 0.15) is 0 Å². The van der Waals surface area contributed by atoms with E-state index in [0.717, 1.165) is 26.1 Å². The Balaban J connectivity index is 2.57. The molecule has 1 fully saturated rings. The average molecular weight is 172 g/mol. The highest BCUT2D eigenvalue weighted by molar-refractivity contribution is 5.77. The van der Waals surface area contributed by atoms with Crippen molar-refractivity contribution in [2.75, 3.05) is 13.2 Å². The van der Waals surface area contributed by atoms with E-state index in [0.29, 0.717) is 5.96 Å². The highest BCUT2D eigenvalue weighted by Gasteiger charge is 2.26. The minimum atomic E-state index is -0.102. The Morgan fingerprint density at radius 3 is 2.58 bits per heavy atom. The Morgan fingerprint density at radius 2 is 2.08 bits per heavy atom. The van der Waals surface area contributed by atoms with Crippen molar-refractivity contribution in [3.8, 4) is 0 Å². The van der Waals surface area contributed by atoms with E-state index in [4.69, 9.17) is 16.3 Å². The molecule has 5 N–H and O–H groups in total. The lowest BCUT2D eigenvalue weighted by Gasteiger charge is -2.29. The molecule has 0 aromatic carbocycles. The maximum Gasteiger partial charge on any atom is 0.203 e. The van der Waals surface area contributed by atoms with Gasteiger partial charge in [-0.1, -0.05) is 0 Å². The minimum absolute atomic E-state index is 0.102. The second-order valence-electron chi connectivity index (χ2n) is 3.25. The van der Waals surface area contributed by atoms with E-state index in [-0.39, 0.29) is 5.54 Å². The number of ether oxygens (including phenoxy) is 1. The van der Waals surface area contributed by atoms with Gasteiger partial charge in [-0.05, 0) is 19.8 Å². The topological polar surface area (TPSA) is 85.7 Å². The van der Waals surface area contributed by atoms with Crippen LogP contribution in [0.4, 0.5) is 0 Å². The van der Waals surface area contributed by atoms with E-state index >= 15 is 0 Å². The lowest BCUT2D eigenvalue weighted by atomic mass is 9.94. The largest absolute Gasteiger partial charge is 0.381 e. The fourth-order valence-electron chi connectivity index (χ4n) is 1.25. The second-order valence-corrected chi connectivity index (χ2v) is 3.25. The summed E-state index contributed by atoms with van der Waals surface area (Å²) in [5.41, 5.74) is 7.68. The molecule has 0 radical (unpaired) electrons. The van der Waals surface area contributed by atoms with Crippen molar-refractivity contribution < 1.29 is 4.74 Å². The Labute approximate surface area is 72.1 Å². The van der Waals surface area contributed by atoms with Crippen LogP contribution in [0.5, 0.6) is 0 Å². The van der Waals surface area contributed by atoms with Crippen molar-refractivity contribution in [1.82, 2.24) is 5.43 Å². The molecule has 1 aliphatic heterocycles. The van der Waals surface area contributed by atoms with Crippen LogP contribution in [0.15, 0.2) is 4.99 Å². The number of nitrogens with two attached hydrogens (primary N) is 2. The number of aliphatic imine (C=N–C) groups is 1. The van der Waals surface area contributed by atoms with Crippen molar-refractivity contribution >= 4 is 5.96 Å². The predicted molar refractivity (Wildman–Crippen MR) is 47.4 cm³/mol. The molecule has 1 rings (SSSR count). The van der Waals surface area contributed by atoms with E-state index in [2.05, 4.69) is 17.3 Å². The molecular weight excluding hydrogens is 156 g/mol. The Morgan fingerprint density at radius 1 is 1.50 bits per heavy atom. The summed E-state index contributed by atoms with van der Waals surface area (Å²) in [7, 11) is 0. The normalized spacial score (nSPS) is 23.7. The molecule has 0 unspecified atom stereocenters. The summed E-state index contributed by atoms with van der Waals surface area (Å²) in [4.78, 5) is 4.26. The van der Waals surface area contributed by atoms with Gasteiger partial charge < -0.3 is 10.5 Å². The van der Waals surface area contributed by atoms with Crippen molar-refractivity contribution in [3.05, 3.63) is 0 Å². The molecule has 70 valence electrons. The van der Waals surface area contributed by atoms with Crippen molar-refractivity contribution in [1.29, 1.82) is 0 Å². The lowest BCUT2D eigenvalue weighted by molar-refractivity contribution is 0.0601. The SMILES string of the molecule is CC1(N=C(N)NN)CCOCC1. The molecule has 5 heteroatoms. The van der Waals surface area contributed by atoms with Gasteiger partial charge in [-0.3, -0.25) is 5.43 Å². The first-order chi connectivity index (χ1) is 5.66. The van der Waals surface area contributed by atoms with E-state index < -0.39 is 0 Å². The fraction of sp³-hybridized carbons (Fsp3) is 0.857.